The first-order valence-electron chi connectivity index (χ1n) is 5.37. The second-order valence-corrected chi connectivity index (χ2v) is 5.54. The highest BCUT2D eigenvalue weighted by Crippen LogP contribution is 2.28. The van der Waals surface area contributed by atoms with Crippen molar-refractivity contribution in [2.24, 2.45) is 0 Å². The highest BCUT2D eigenvalue weighted by Gasteiger charge is 2.20. The van der Waals surface area contributed by atoms with Crippen molar-refractivity contribution in [2.75, 3.05) is 5.32 Å². The van der Waals surface area contributed by atoms with Gasteiger partial charge in [0.2, 0.25) is 0 Å². The number of hydrogen-bond donors (Lipinski definition) is 1. The van der Waals surface area contributed by atoms with Crippen LogP contribution in [0.15, 0.2) is 12.3 Å². The first-order valence-corrected chi connectivity index (χ1v) is 6.56. The van der Waals surface area contributed by atoms with Crippen LogP contribution in [-0.4, -0.2) is 16.4 Å². The normalized spacial score (nSPS) is 25.4. The zero-order valence-electron chi connectivity index (χ0n) is 8.72. The molecule has 1 aliphatic rings. The van der Waals surface area contributed by atoms with Gasteiger partial charge in [-0.05, 0) is 31.7 Å². The van der Waals surface area contributed by atoms with Gasteiger partial charge in [0.05, 0.1) is 10.0 Å². The Hall–Kier alpha value is -0.180. The molecule has 1 aromatic heterocycles. The van der Waals surface area contributed by atoms with E-state index in [9.17, 15) is 0 Å². The molecule has 1 fully saturated rings. The molecule has 0 radical (unpaired) electrons. The summed E-state index contributed by atoms with van der Waals surface area (Å²) in [5.41, 5.74) is 0. The topological polar surface area (TPSA) is 24.9 Å². The molecule has 1 aliphatic carbocycles. The van der Waals surface area contributed by atoms with Crippen LogP contribution in [0, 0.1) is 0 Å². The minimum Gasteiger partial charge on any atom is -0.366 e. The quantitative estimate of drug-likeness (QED) is 0.814. The van der Waals surface area contributed by atoms with Crippen molar-refractivity contribution in [1.29, 1.82) is 0 Å². The summed E-state index contributed by atoms with van der Waals surface area (Å²) in [6.45, 7) is 0. The van der Waals surface area contributed by atoms with Crippen molar-refractivity contribution in [2.45, 2.75) is 37.1 Å². The average molecular weight is 280 g/mol. The Morgan fingerprint density at radius 2 is 1.88 bits per heavy atom. The van der Waals surface area contributed by atoms with E-state index >= 15 is 0 Å². The number of halogens is 3. The van der Waals surface area contributed by atoms with Crippen molar-refractivity contribution in [1.82, 2.24) is 4.98 Å². The fraction of sp³-hybridized carbons (Fsp3) is 0.545. The zero-order chi connectivity index (χ0) is 11.5. The molecule has 0 saturated heterocycles. The largest absolute Gasteiger partial charge is 0.366 e. The summed E-state index contributed by atoms with van der Waals surface area (Å²) in [7, 11) is 0. The van der Waals surface area contributed by atoms with Crippen LogP contribution in [0.1, 0.15) is 25.7 Å². The third-order valence-corrected chi connectivity index (χ3v) is 3.74. The van der Waals surface area contributed by atoms with Crippen molar-refractivity contribution >= 4 is 40.6 Å². The summed E-state index contributed by atoms with van der Waals surface area (Å²) < 4.78 is 0. The molecule has 2 nitrogen and oxygen atoms in total. The molecule has 1 aromatic rings. The minimum atomic E-state index is 0.326. The molecular formula is C11H13Cl3N2. The van der Waals surface area contributed by atoms with E-state index in [1.165, 1.54) is 0 Å². The van der Waals surface area contributed by atoms with Gasteiger partial charge in [0, 0.05) is 17.6 Å². The smallest absolute Gasteiger partial charge is 0.145 e. The number of nitrogens with one attached hydrogen (secondary N) is 1. The lowest BCUT2D eigenvalue weighted by molar-refractivity contribution is 0.467. The Morgan fingerprint density at radius 3 is 2.50 bits per heavy atom. The van der Waals surface area contributed by atoms with Crippen LogP contribution in [0.4, 0.5) is 5.82 Å². The van der Waals surface area contributed by atoms with E-state index in [2.05, 4.69) is 10.3 Å². The Kier molecular flexibility index (Phi) is 4.17. The van der Waals surface area contributed by atoms with Crippen molar-refractivity contribution in [3.63, 3.8) is 0 Å². The van der Waals surface area contributed by atoms with Gasteiger partial charge >= 0.3 is 0 Å². The molecule has 1 saturated carbocycles. The molecule has 5 heteroatoms. The Bertz CT molecular complexity index is 362. The Labute approximate surface area is 110 Å². The predicted octanol–water partition coefficient (Wildman–Crippen LogP) is 4.35. The third kappa shape index (κ3) is 3.16. The number of anilines is 1. The van der Waals surface area contributed by atoms with Gasteiger partial charge in [-0.3, -0.25) is 0 Å². The zero-order valence-corrected chi connectivity index (χ0v) is 11.0. The summed E-state index contributed by atoms with van der Waals surface area (Å²) >= 11 is 17.9. The Morgan fingerprint density at radius 1 is 1.19 bits per heavy atom. The lowest BCUT2D eigenvalue weighted by Crippen LogP contribution is -2.26. The predicted molar refractivity (Wildman–Crippen MR) is 69.8 cm³/mol. The molecule has 0 spiro atoms. The van der Waals surface area contributed by atoms with Gasteiger partial charge < -0.3 is 5.32 Å². The van der Waals surface area contributed by atoms with E-state index in [0.29, 0.717) is 27.3 Å². The summed E-state index contributed by atoms with van der Waals surface area (Å²) in [6.07, 6.45) is 5.82. The van der Waals surface area contributed by atoms with E-state index < -0.39 is 0 Å². The number of nitrogens with zero attached hydrogens (tertiary/aromatic N) is 1. The lowest BCUT2D eigenvalue weighted by Gasteiger charge is -2.26. The van der Waals surface area contributed by atoms with E-state index in [1.54, 1.807) is 12.3 Å². The first-order chi connectivity index (χ1) is 7.65. The number of hydrogen-bond acceptors (Lipinski definition) is 2. The maximum atomic E-state index is 6.05. The van der Waals surface area contributed by atoms with Crippen LogP contribution in [0.2, 0.25) is 10.0 Å². The lowest BCUT2D eigenvalue weighted by atomic mass is 9.95. The first kappa shape index (κ1) is 12.3. The van der Waals surface area contributed by atoms with Gasteiger partial charge in [0.25, 0.3) is 0 Å². The van der Waals surface area contributed by atoms with Crippen LogP contribution >= 0.6 is 34.8 Å². The molecular weight excluding hydrogens is 266 g/mol. The average Bonchev–Trinajstić information content (AvgIpc) is 2.25. The van der Waals surface area contributed by atoms with Gasteiger partial charge in [-0.1, -0.05) is 23.2 Å². The third-order valence-electron chi connectivity index (χ3n) is 2.81. The molecule has 0 aliphatic heterocycles. The molecule has 0 amide bonds. The maximum Gasteiger partial charge on any atom is 0.145 e. The standard InChI is InChI=1S/C11H13Cl3N2/c12-7-1-3-9(4-2-7)16-11-10(14)5-8(13)6-15-11/h5-7,9H,1-4H2,(H,15,16). The van der Waals surface area contributed by atoms with Gasteiger partial charge in [0.1, 0.15) is 5.82 Å². The monoisotopic (exact) mass is 278 g/mol. The second-order valence-electron chi connectivity index (χ2n) is 4.08. The van der Waals surface area contributed by atoms with Gasteiger partial charge in [-0.25, -0.2) is 4.98 Å². The molecule has 0 bridgehead atoms. The van der Waals surface area contributed by atoms with Crippen LogP contribution in [0.5, 0.6) is 0 Å². The molecule has 16 heavy (non-hydrogen) atoms. The Balaban J connectivity index is 1.98. The molecule has 1 heterocycles. The highest BCUT2D eigenvalue weighted by molar-refractivity contribution is 6.35. The van der Waals surface area contributed by atoms with Gasteiger partial charge in [-0.2, -0.15) is 0 Å². The SMILES string of the molecule is Clc1cnc(NC2CCC(Cl)CC2)c(Cl)c1. The molecule has 0 unspecified atom stereocenters. The van der Waals surface area contributed by atoms with E-state index in [1.807, 2.05) is 0 Å². The number of rotatable bonds is 2. The van der Waals surface area contributed by atoms with Gasteiger partial charge in [-0.15, -0.1) is 11.6 Å². The fourth-order valence-corrected chi connectivity index (χ4v) is 2.60. The minimum absolute atomic E-state index is 0.326. The van der Waals surface area contributed by atoms with Crippen LogP contribution in [0.25, 0.3) is 0 Å². The number of pyridine rings is 1. The summed E-state index contributed by atoms with van der Waals surface area (Å²) in [4.78, 5) is 4.18. The number of alkyl halides is 1. The van der Waals surface area contributed by atoms with E-state index in [0.717, 1.165) is 25.7 Å². The van der Waals surface area contributed by atoms with E-state index in [4.69, 9.17) is 34.8 Å². The molecule has 0 atom stereocenters. The van der Waals surface area contributed by atoms with E-state index in [-0.39, 0.29) is 0 Å². The van der Waals surface area contributed by atoms with Crippen molar-refractivity contribution in [3.05, 3.63) is 22.3 Å². The molecule has 88 valence electrons. The summed E-state index contributed by atoms with van der Waals surface area (Å²) in [5.74, 6) is 0.712. The fourth-order valence-electron chi connectivity index (χ4n) is 1.91. The molecule has 0 aromatic carbocycles. The van der Waals surface area contributed by atoms with Crippen LogP contribution in [0.3, 0.4) is 0 Å². The summed E-state index contributed by atoms with van der Waals surface area (Å²) in [6, 6.07) is 2.12. The van der Waals surface area contributed by atoms with Crippen LogP contribution in [-0.2, 0) is 0 Å². The van der Waals surface area contributed by atoms with Crippen molar-refractivity contribution in [3.8, 4) is 0 Å². The molecule has 1 N–H and O–H groups in total. The van der Waals surface area contributed by atoms with Gasteiger partial charge in [0.15, 0.2) is 0 Å². The van der Waals surface area contributed by atoms with Crippen molar-refractivity contribution < 1.29 is 0 Å². The molecule has 2 rings (SSSR count). The number of aromatic nitrogens is 1. The van der Waals surface area contributed by atoms with Crippen LogP contribution < -0.4 is 5.32 Å². The maximum absolute atomic E-state index is 6.05. The second kappa shape index (κ2) is 5.44. The summed E-state index contributed by atoms with van der Waals surface area (Å²) in [5, 5.41) is 4.79. The highest BCUT2D eigenvalue weighted by atomic mass is 35.5.